The molecule has 3 aliphatic carbocycles. The van der Waals surface area contributed by atoms with E-state index < -0.39 is 29.3 Å². The summed E-state index contributed by atoms with van der Waals surface area (Å²) in [5.74, 6) is -0.544. The second kappa shape index (κ2) is 8.77. The molecule has 0 saturated heterocycles. The lowest BCUT2D eigenvalue weighted by Gasteiger charge is -2.54. The molecule has 1 aliphatic heterocycles. The highest BCUT2D eigenvalue weighted by Crippen LogP contribution is 2.54. The summed E-state index contributed by atoms with van der Waals surface area (Å²) in [6, 6.07) is 5.50. The zero-order valence-corrected chi connectivity index (χ0v) is 19.7. The van der Waals surface area contributed by atoms with Crippen LogP contribution in [0.1, 0.15) is 67.5 Å². The summed E-state index contributed by atoms with van der Waals surface area (Å²) < 4.78 is 55.7. The van der Waals surface area contributed by atoms with Gasteiger partial charge in [-0.3, -0.25) is 9.48 Å². The second-order valence-electron chi connectivity index (χ2n) is 10.5. The topological polar surface area (TPSA) is 90.3 Å². The van der Waals surface area contributed by atoms with Gasteiger partial charge in [0.1, 0.15) is 11.9 Å². The van der Waals surface area contributed by atoms with Crippen LogP contribution in [-0.2, 0) is 30.5 Å². The number of hydrogen-bond donors (Lipinski definition) is 1. The molecule has 3 saturated carbocycles. The zero-order valence-electron chi connectivity index (χ0n) is 19.7. The number of nitrogens with zero attached hydrogens (tertiary/aromatic N) is 3. The van der Waals surface area contributed by atoms with Crippen LogP contribution in [-0.4, -0.2) is 38.8 Å². The Kier molecular flexibility index (Phi) is 5.99. The maximum Gasteiger partial charge on any atom is 0.435 e. The molecule has 0 atom stereocenters. The number of benzene rings is 1. The summed E-state index contributed by atoms with van der Waals surface area (Å²) in [7, 11) is 0. The van der Waals surface area contributed by atoms with Crippen molar-refractivity contribution in [1.82, 2.24) is 20.0 Å². The maximum atomic E-state index is 13.7. The van der Waals surface area contributed by atoms with E-state index in [1.54, 1.807) is 4.90 Å². The third-order valence-electron chi connectivity index (χ3n) is 8.30. The van der Waals surface area contributed by atoms with E-state index in [1.807, 2.05) is 0 Å². The molecule has 4 aliphatic rings. The van der Waals surface area contributed by atoms with Crippen molar-refractivity contribution in [2.45, 2.75) is 76.2 Å². The molecule has 0 spiro atoms. The quantitative estimate of drug-likeness (QED) is 0.629. The van der Waals surface area contributed by atoms with E-state index in [1.165, 1.54) is 28.9 Å². The Morgan fingerprint density at radius 3 is 2.28 bits per heavy atom. The normalized spacial score (nSPS) is 25.5. The number of halogens is 4. The zero-order chi connectivity index (χ0) is 25.7. The lowest BCUT2D eigenvalue weighted by Crippen LogP contribution is -2.59. The summed E-state index contributed by atoms with van der Waals surface area (Å²) in [6.45, 7) is 0.256. The summed E-state index contributed by atoms with van der Waals surface area (Å²) in [6.07, 6.45) is -1.42. The smallest absolute Gasteiger partial charge is 0.435 e. The first kappa shape index (κ1) is 24.6. The van der Waals surface area contributed by atoms with Crippen molar-refractivity contribution in [2.24, 2.45) is 5.41 Å². The molecule has 2 amide bonds. The molecule has 194 valence electrons. The van der Waals surface area contributed by atoms with Crippen LogP contribution in [0.2, 0.25) is 0 Å². The van der Waals surface area contributed by atoms with Crippen molar-refractivity contribution in [3.05, 3.63) is 52.6 Å². The fourth-order valence-corrected chi connectivity index (χ4v) is 6.18. The van der Waals surface area contributed by atoms with Crippen molar-refractivity contribution < 1.29 is 32.3 Å². The Balaban J connectivity index is 1.32. The van der Waals surface area contributed by atoms with Crippen LogP contribution in [0.25, 0.3) is 0 Å². The van der Waals surface area contributed by atoms with E-state index >= 15 is 0 Å². The number of carbonyl (C=O) groups excluding carboxylic acids is 2. The first-order valence-corrected chi connectivity index (χ1v) is 12.1. The molecule has 1 N–H and O–H groups in total. The van der Waals surface area contributed by atoms with Gasteiger partial charge in [0, 0.05) is 24.1 Å². The number of aromatic nitrogens is 2. The van der Waals surface area contributed by atoms with E-state index in [0.717, 1.165) is 19.3 Å². The molecule has 11 heteroatoms. The minimum atomic E-state index is -4.61. The highest BCUT2D eigenvalue weighted by Gasteiger charge is 2.50. The summed E-state index contributed by atoms with van der Waals surface area (Å²) in [4.78, 5) is 26.0. The van der Waals surface area contributed by atoms with Crippen molar-refractivity contribution in [3.63, 3.8) is 0 Å². The Labute approximate surface area is 205 Å². The molecule has 0 unspecified atom stereocenters. The van der Waals surface area contributed by atoms with Gasteiger partial charge in [-0.2, -0.15) is 18.3 Å². The fourth-order valence-electron chi connectivity index (χ4n) is 6.18. The van der Waals surface area contributed by atoms with Gasteiger partial charge in [0.2, 0.25) is 5.91 Å². The summed E-state index contributed by atoms with van der Waals surface area (Å²) >= 11 is 0. The lowest BCUT2D eigenvalue weighted by atomic mass is 9.56. The van der Waals surface area contributed by atoms with Gasteiger partial charge in [-0.05, 0) is 68.1 Å². The van der Waals surface area contributed by atoms with Gasteiger partial charge >= 0.3 is 6.18 Å². The molecular formula is C25H27F4N4O3-. The molecule has 1 aromatic carbocycles. The van der Waals surface area contributed by atoms with Crippen molar-refractivity contribution in [3.8, 4) is 0 Å². The minimum absolute atomic E-state index is 0.0324. The standard InChI is InChI=1S/C25H28F4N4O3/c26-17-3-1-16(2-4-17)14-33-19-15-32(12-5-18(19)21(31-33)25(27,28)29)20(34)13-23-6-9-24(10-7-23,11-8-23)30-22(35)36/h1-4,30H,5-15H2,(H,35,36)/p-1. The van der Waals surface area contributed by atoms with Crippen LogP contribution in [0.3, 0.4) is 0 Å². The first-order chi connectivity index (χ1) is 17.0. The Hall–Kier alpha value is -3.11. The molecule has 36 heavy (non-hydrogen) atoms. The number of fused-ring (bicyclic) bond motifs is 4. The molecule has 2 heterocycles. The van der Waals surface area contributed by atoms with E-state index in [2.05, 4.69) is 10.4 Å². The molecule has 6 rings (SSSR count). The monoisotopic (exact) mass is 507 g/mol. The Morgan fingerprint density at radius 2 is 1.69 bits per heavy atom. The van der Waals surface area contributed by atoms with Gasteiger partial charge in [-0.1, -0.05) is 12.1 Å². The van der Waals surface area contributed by atoms with Gasteiger partial charge in [0.25, 0.3) is 0 Å². The number of rotatable bonds is 5. The molecule has 3 fully saturated rings. The molecule has 1 aromatic heterocycles. The average molecular weight is 508 g/mol. The maximum absolute atomic E-state index is 13.7. The lowest BCUT2D eigenvalue weighted by molar-refractivity contribution is -0.254. The predicted molar refractivity (Wildman–Crippen MR) is 118 cm³/mol. The van der Waals surface area contributed by atoms with E-state index in [9.17, 15) is 32.3 Å². The van der Waals surface area contributed by atoms with Crippen LogP contribution in [0.15, 0.2) is 24.3 Å². The van der Waals surface area contributed by atoms with Gasteiger partial charge in [0.05, 0.1) is 18.8 Å². The predicted octanol–water partition coefficient (Wildman–Crippen LogP) is 3.39. The summed E-state index contributed by atoms with van der Waals surface area (Å²) in [5.41, 5.74) is -0.533. The summed E-state index contributed by atoms with van der Waals surface area (Å²) in [5, 5.41) is 17.5. The molecule has 2 aromatic rings. The number of hydrogen-bond acceptors (Lipinski definition) is 4. The average Bonchev–Trinajstić information content (AvgIpc) is 3.19. The minimum Gasteiger partial charge on any atom is -0.530 e. The highest BCUT2D eigenvalue weighted by molar-refractivity contribution is 5.77. The first-order valence-electron chi connectivity index (χ1n) is 12.1. The number of nitrogens with one attached hydrogen (secondary N) is 1. The Bertz CT molecular complexity index is 1150. The van der Waals surface area contributed by atoms with Crippen LogP contribution < -0.4 is 10.4 Å². The van der Waals surface area contributed by atoms with E-state index in [4.69, 9.17) is 0 Å². The van der Waals surface area contributed by atoms with Crippen LogP contribution in [0, 0.1) is 11.2 Å². The number of amides is 2. The molecular weight excluding hydrogens is 480 g/mol. The second-order valence-corrected chi connectivity index (χ2v) is 10.5. The largest absolute Gasteiger partial charge is 0.530 e. The van der Waals surface area contributed by atoms with Gasteiger partial charge in [-0.15, -0.1) is 0 Å². The van der Waals surface area contributed by atoms with Crippen LogP contribution in [0.4, 0.5) is 22.4 Å². The fraction of sp³-hybridized carbons (Fsp3) is 0.560. The van der Waals surface area contributed by atoms with Gasteiger partial charge in [0.15, 0.2) is 5.69 Å². The molecule has 2 bridgehead atoms. The Morgan fingerprint density at radius 1 is 1.06 bits per heavy atom. The number of carbonyl (C=O) groups is 2. The van der Waals surface area contributed by atoms with Crippen molar-refractivity contribution in [2.75, 3.05) is 6.54 Å². The van der Waals surface area contributed by atoms with Crippen molar-refractivity contribution >= 4 is 12.0 Å². The van der Waals surface area contributed by atoms with E-state index in [0.29, 0.717) is 36.9 Å². The number of alkyl halides is 3. The van der Waals surface area contributed by atoms with Crippen molar-refractivity contribution in [1.29, 1.82) is 0 Å². The molecule has 0 radical (unpaired) electrons. The highest BCUT2D eigenvalue weighted by atomic mass is 19.4. The van der Waals surface area contributed by atoms with Gasteiger partial charge < -0.3 is 20.1 Å². The van der Waals surface area contributed by atoms with Crippen LogP contribution in [0.5, 0.6) is 0 Å². The molecule has 7 nitrogen and oxygen atoms in total. The SMILES string of the molecule is O=C([O-])NC12CCC(CC(=O)N3CCc4c(C(F)(F)F)nn(Cc5ccc(F)cc5)c4C3)(CC1)CC2. The third kappa shape index (κ3) is 4.67. The van der Waals surface area contributed by atoms with Gasteiger partial charge in [-0.25, -0.2) is 4.39 Å². The third-order valence-corrected chi connectivity index (χ3v) is 8.30. The van der Waals surface area contributed by atoms with E-state index in [-0.39, 0.29) is 42.9 Å². The number of carboxylic acid groups (broad SMARTS) is 1. The van der Waals surface area contributed by atoms with Crippen LogP contribution >= 0.6 is 0 Å².